The van der Waals surface area contributed by atoms with Gasteiger partial charge in [-0.15, -0.1) is 0 Å². The van der Waals surface area contributed by atoms with Crippen LogP contribution in [0.3, 0.4) is 0 Å². The smallest absolute Gasteiger partial charge is 0.323 e. The summed E-state index contributed by atoms with van der Waals surface area (Å²) in [6.45, 7) is 61.9. The first-order valence-electron chi connectivity index (χ1n) is 42.9. The summed E-state index contributed by atoms with van der Waals surface area (Å²) in [5, 5.41) is 9.47. The largest absolute Gasteiger partial charge is 0.465 e. The van der Waals surface area contributed by atoms with Crippen LogP contribution in [0.25, 0.3) is 0 Å². The van der Waals surface area contributed by atoms with Gasteiger partial charge in [-0.2, -0.15) is 0 Å². The van der Waals surface area contributed by atoms with Gasteiger partial charge in [0.25, 0.3) is 0 Å². The highest BCUT2D eigenvalue weighted by atomic mass is 16.6. The lowest BCUT2D eigenvalue weighted by molar-refractivity contribution is -0.156. The topological polar surface area (TPSA) is 377 Å². The van der Waals surface area contributed by atoms with E-state index in [1.165, 1.54) is 38.5 Å². The molecule has 2 saturated carbocycles. The van der Waals surface area contributed by atoms with Crippen molar-refractivity contribution >= 4 is 53.7 Å². The molecule has 0 amide bonds. The molecule has 662 valence electrons. The second kappa shape index (κ2) is 68.1. The van der Waals surface area contributed by atoms with Gasteiger partial charge in [0.2, 0.25) is 0 Å². The summed E-state index contributed by atoms with van der Waals surface area (Å²) >= 11 is 0. The molecule has 0 bridgehead atoms. The fraction of sp³-hybridized carbons (Fsp3) is 0.897. The van der Waals surface area contributed by atoms with E-state index in [0.29, 0.717) is 112 Å². The molecule has 8 atom stereocenters. The molecule has 0 aromatic carbocycles. The summed E-state index contributed by atoms with van der Waals surface area (Å²) in [6, 6.07) is -1.98. The third kappa shape index (κ3) is 65.1. The van der Waals surface area contributed by atoms with E-state index in [1.807, 2.05) is 138 Å². The van der Waals surface area contributed by atoms with E-state index < -0.39 is 24.2 Å². The van der Waals surface area contributed by atoms with Crippen molar-refractivity contribution < 1.29 is 85.8 Å². The molecule has 5 rings (SSSR count). The Kier molecular flexibility index (Phi) is 68.8. The van der Waals surface area contributed by atoms with Crippen LogP contribution in [0.2, 0.25) is 0 Å². The summed E-state index contributed by atoms with van der Waals surface area (Å²) in [5.74, 6) is 3.71. The van der Waals surface area contributed by atoms with Crippen molar-refractivity contribution in [1.82, 2.24) is 16.0 Å². The van der Waals surface area contributed by atoms with Gasteiger partial charge in [-0.25, -0.2) is 0 Å². The molecule has 3 aliphatic heterocycles. The molecule has 25 heteroatoms. The van der Waals surface area contributed by atoms with E-state index >= 15 is 0 Å². The van der Waals surface area contributed by atoms with Crippen LogP contribution in [0.1, 0.15) is 290 Å². The molecule has 5 aliphatic rings. The minimum absolute atomic E-state index is 0.00444. The minimum Gasteiger partial charge on any atom is -0.465 e. The van der Waals surface area contributed by atoms with Crippen LogP contribution in [-0.2, 0) is 85.8 Å². The number of nitrogens with two attached hydrogens (primary N) is 4. The highest BCUT2D eigenvalue weighted by molar-refractivity contribution is 5.78. The quantitative estimate of drug-likeness (QED) is 0.0250. The van der Waals surface area contributed by atoms with Gasteiger partial charge in [0.15, 0.2) is 0 Å². The molecular formula is C87H171N7O18. The lowest BCUT2D eigenvalue weighted by Crippen LogP contribution is -2.39. The van der Waals surface area contributed by atoms with Crippen molar-refractivity contribution in [3.05, 3.63) is 0 Å². The van der Waals surface area contributed by atoms with Crippen LogP contribution in [-0.4, -0.2) is 175 Å². The van der Waals surface area contributed by atoms with Crippen LogP contribution >= 0.6 is 0 Å². The molecule has 8 unspecified atom stereocenters. The Labute approximate surface area is 681 Å². The van der Waals surface area contributed by atoms with E-state index in [4.69, 9.17) is 65.6 Å². The van der Waals surface area contributed by atoms with Gasteiger partial charge in [0, 0.05) is 6.54 Å². The Bertz CT molecular complexity index is 2310. The minimum atomic E-state index is -0.501. The lowest BCUT2D eigenvalue weighted by atomic mass is 9.89. The number of hydrogen-bond acceptors (Lipinski definition) is 25. The Morgan fingerprint density at radius 3 is 0.955 bits per heavy atom. The predicted octanol–water partition coefficient (Wildman–Crippen LogP) is 13.7. The van der Waals surface area contributed by atoms with Crippen LogP contribution < -0.4 is 38.9 Å². The molecule has 0 radical (unpaired) electrons. The van der Waals surface area contributed by atoms with Crippen LogP contribution in [0.5, 0.6) is 0 Å². The van der Waals surface area contributed by atoms with Crippen molar-refractivity contribution in [2.24, 2.45) is 118 Å². The maximum Gasteiger partial charge on any atom is 0.323 e. The van der Waals surface area contributed by atoms with Gasteiger partial charge in [0.05, 0.1) is 69.9 Å². The average Bonchev–Trinajstić information content (AvgIpc) is 1.49. The molecule has 2 aliphatic carbocycles. The van der Waals surface area contributed by atoms with Crippen LogP contribution in [0.4, 0.5) is 0 Å². The van der Waals surface area contributed by atoms with Crippen molar-refractivity contribution in [3.63, 3.8) is 0 Å². The van der Waals surface area contributed by atoms with Crippen molar-refractivity contribution in [1.29, 1.82) is 0 Å². The first-order valence-corrected chi connectivity index (χ1v) is 42.9. The van der Waals surface area contributed by atoms with Gasteiger partial charge in [0.1, 0.15) is 42.4 Å². The van der Waals surface area contributed by atoms with Gasteiger partial charge in [-0.3, -0.25) is 43.2 Å². The third-order valence-electron chi connectivity index (χ3n) is 18.1. The zero-order valence-corrected chi connectivity index (χ0v) is 75.7. The van der Waals surface area contributed by atoms with Crippen molar-refractivity contribution in [2.75, 3.05) is 79.0 Å². The maximum atomic E-state index is 11.7. The van der Waals surface area contributed by atoms with Gasteiger partial charge >= 0.3 is 53.7 Å². The van der Waals surface area contributed by atoms with Gasteiger partial charge < -0.3 is 81.5 Å². The summed E-state index contributed by atoms with van der Waals surface area (Å²) in [5.41, 5.74) is 22.1. The molecular weight excluding hydrogens is 1430 g/mol. The van der Waals surface area contributed by atoms with Gasteiger partial charge in [-0.1, -0.05) is 205 Å². The molecule has 0 spiro atoms. The van der Waals surface area contributed by atoms with Crippen molar-refractivity contribution in [2.45, 2.75) is 332 Å². The number of hydrogen-bond donors (Lipinski definition) is 7. The van der Waals surface area contributed by atoms with E-state index in [-0.39, 0.29) is 107 Å². The zero-order chi connectivity index (χ0) is 86.8. The summed E-state index contributed by atoms with van der Waals surface area (Å²) in [4.78, 5) is 102. The number of ether oxygens (including phenoxy) is 9. The predicted molar refractivity (Wildman–Crippen MR) is 449 cm³/mol. The normalized spacial score (nSPS) is 18.0. The summed E-state index contributed by atoms with van der Waals surface area (Å²) in [7, 11) is 0. The molecule has 3 saturated heterocycles. The first kappa shape index (κ1) is 113. The van der Waals surface area contributed by atoms with E-state index in [0.717, 1.165) is 90.5 Å². The Balaban J connectivity index is -0.000000587. The fourth-order valence-corrected chi connectivity index (χ4v) is 9.97. The summed E-state index contributed by atoms with van der Waals surface area (Å²) in [6.07, 6.45) is 17.0. The van der Waals surface area contributed by atoms with Gasteiger partial charge in [-0.05, 0) is 182 Å². The van der Waals surface area contributed by atoms with Crippen LogP contribution in [0.15, 0.2) is 0 Å². The number of carbonyl (C=O) groups is 9. The first-order chi connectivity index (χ1) is 52.2. The number of piperidine rings is 1. The Morgan fingerprint density at radius 1 is 0.295 bits per heavy atom. The molecule has 25 nitrogen and oxygen atoms in total. The molecule has 11 N–H and O–H groups in total. The van der Waals surface area contributed by atoms with Crippen molar-refractivity contribution in [3.8, 4) is 0 Å². The highest BCUT2D eigenvalue weighted by Crippen LogP contribution is 2.27. The average molecular weight is 1600 g/mol. The monoisotopic (exact) mass is 1600 g/mol. The second-order valence-electron chi connectivity index (χ2n) is 35.5. The number of carbonyl (C=O) groups excluding carboxylic acids is 9. The standard InChI is InChI=1S/C12H22O2.C11H20O2.C10H19NO2.2C10H21NO2.2C9H17NO2.C9H19NO2.C7H15NO2/c1-9(2)10(3)14-12(13)11-7-5-4-6-8-11;1-9(2)8-13-11(12)10-6-4-3-5-7-10;1-8(2)7-13-10(12)9-3-5-11-6-4-9;1-7(2)5-9(11)10(12)13-6-8(3)4;1-6(2)8(5)13-10(12)9(11)7(3)4;1-7(2)6-12-9(11)8-3-4-10-5-8;1-7(2)6-12-9(11)8-4-3-5-10-8;1-6(2)5-12-9(11)8(10)7(3)4;1-5(2)4-10-7(9)6(3)8/h9-11H,4-8H2,1-3H3;9-10H,3-8H2,1-2H3;8-9,11H,3-7H2,1-2H3;7-9H,5-6,11H2,1-4H3;6-9H,11H2,1-5H3;2*7-8,10H,3-6H2,1-2H3;6-8H,5,10H2,1-4H3;5-6H,4,8H2,1-3H3. The fourth-order valence-electron chi connectivity index (χ4n) is 9.97. The molecule has 112 heavy (non-hydrogen) atoms. The van der Waals surface area contributed by atoms with Crippen LogP contribution in [0, 0.1) is 94.7 Å². The Hall–Kier alpha value is -5.05. The number of rotatable bonds is 31. The lowest BCUT2D eigenvalue weighted by Gasteiger charge is -2.23. The zero-order valence-electron chi connectivity index (χ0n) is 75.7. The van der Waals surface area contributed by atoms with E-state index in [1.54, 1.807) is 6.92 Å². The maximum absolute atomic E-state index is 11.7. The molecule has 3 heterocycles. The number of nitrogens with one attached hydrogen (secondary N) is 3. The second-order valence-corrected chi connectivity index (χ2v) is 35.5. The Morgan fingerprint density at radius 2 is 0.616 bits per heavy atom. The molecule has 0 aromatic heterocycles. The highest BCUT2D eigenvalue weighted by Gasteiger charge is 2.29. The number of esters is 9. The van der Waals surface area contributed by atoms with E-state index in [2.05, 4.69) is 57.5 Å². The molecule has 0 aromatic rings. The summed E-state index contributed by atoms with van der Waals surface area (Å²) < 4.78 is 45.9. The SMILES string of the molecule is CC(C)C(C)OC(=O)C(N)C(C)C.CC(C)C(C)OC(=O)C1CCCCC1.CC(C)COC(=O)C(C)N.CC(C)COC(=O)C(N)C(C)C.CC(C)COC(=O)C(N)CC(C)C.CC(C)COC(=O)C1CCCCC1.CC(C)COC(=O)C1CCCN1.CC(C)COC(=O)C1CCNC1.CC(C)COC(=O)C1CCNCC1. The van der Waals surface area contributed by atoms with E-state index in [9.17, 15) is 43.2 Å². The molecule has 5 fully saturated rings. The third-order valence-corrected chi connectivity index (χ3v) is 18.1.